The summed E-state index contributed by atoms with van der Waals surface area (Å²) in [5.41, 5.74) is 4.61. The van der Waals surface area contributed by atoms with Crippen molar-refractivity contribution in [2.75, 3.05) is 39.8 Å². The van der Waals surface area contributed by atoms with Crippen molar-refractivity contribution in [2.45, 2.75) is 19.3 Å². The van der Waals surface area contributed by atoms with Gasteiger partial charge in [0.2, 0.25) is 0 Å². The molecule has 3 aliphatic heterocycles. The van der Waals surface area contributed by atoms with Crippen molar-refractivity contribution in [1.82, 2.24) is 19.9 Å². The summed E-state index contributed by atoms with van der Waals surface area (Å²) in [4.78, 5) is 11.4. The lowest BCUT2D eigenvalue weighted by Gasteiger charge is -2.27. The highest BCUT2D eigenvalue weighted by atomic mass is 16.5. The SMILES string of the molecule is CN1CC(c2ccncc2)=C2N=CC(c3ccc(OCCN4CCCCC4)cc3)=CN21. The number of hydrazine groups is 1. The number of benzene rings is 1. The number of rotatable bonds is 6. The summed E-state index contributed by atoms with van der Waals surface area (Å²) in [6, 6.07) is 12.4. The topological polar surface area (TPSA) is 44.2 Å². The van der Waals surface area contributed by atoms with Gasteiger partial charge in [-0.2, -0.15) is 0 Å². The average molecular weight is 416 g/mol. The van der Waals surface area contributed by atoms with Gasteiger partial charge in [0, 0.05) is 56.1 Å². The summed E-state index contributed by atoms with van der Waals surface area (Å²) >= 11 is 0. The Balaban J connectivity index is 1.25. The Morgan fingerprint density at radius 2 is 1.71 bits per heavy atom. The fourth-order valence-corrected chi connectivity index (χ4v) is 4.41. The summed E-state index contributed by atoms with van der Waals surface area (Å²) < 4.78 is 5.97. The Morgan fingerprint density at radius 1 is 0.935 bits per heavy atom. The van der Waals surface area contributed by atoms with E-state index in [1.807, 2.05) is 30.7 Å². The van der Waals surface area contributed by atoms with Crippen LogP contribution < -0.4 is 4.74 Å². The summed E-state index contributed by atoms with van der Waals surface area (Å²) in [7, 11) is 2.09. The summed E-state index contributed by atoms with van der Waals surface area (Å²) in [5, 5.41) is 4.31. The van der Waals surface area contributed by atoms with Crippen molar-refractivity contribution in [3.05, 3.63) is 71.9 Å². The Morgan fingerprint density at radius 3 is 2.48 bits per heavy atom. The third-order valence-electron chi connectivity index (χ3n) is 6.17. The molecule has 1 saturated heterocycles. The number of likely N-dealkylation sites (tertiary alicyclic amines) is 1. The van der Waals surface area contributed by atoms with E-state index in [1.165, 1.54) is 43.5 Å². The molecule has 0 radical (unpaired) electrons. The molecule has 1 fully saturated rings. The molecule has 0 saturated carbocycles. The van der Waals surface area contributed by atoms with Gasteiger partial charge < -0.3 is 4.74 Å². The molecule has 0 N–H and O–H groups in total. The number of pyridine rings is 1. The van der Waals surface area contributed by atoms with Crippen LogP contribution in [0, 0.1) is 0 Å². The first-order chi connectivity index (χ1) is 15.3. The first-order valence-corrected chi connectivity index (χ1v) is 11.1. The van der Waals surface area contributed by atoms with Crippen LogP contribution in [0.2, 0.25) is 0 Å². The minimum absolute atomic E-state index is 0.744. The van der Waals surface area contributed by atoms with Gasteiger partial charge in [-0.25, -0.2) is 10.0 Å². The summed E-state index contributed by atoms with van der Waals surface area (Å²) in [5.74, 6) is 1.91. The molecular formula is C25H29N5O. The molecule has 0 amide bonds. The van der Waals surface area contributed by atoms with Gasteiger partial charge in [-0.15, -0.1) is 0 Å². The van der Waals surface area contributed by atoms with Crippen LogP contribution in [0.15, 0.2) is 65.8 Å². The van der Waals surface area contributed by atoms with Gasteiger partial charge in [0.25, 0.3) is 0 Å². The van der Waals surface area contributed by atoms with Crippen LogP contribution in [0.3, 0.4) is 0 Å². The lowest BCUT2D eigenvalue weighted by molar-refractivity contribution is 0.128. The minimum Gasteiger partial charge on any atom is -0.492 e. The zero-order chi connectivity index (χ0) is 21.0. The van der Waals surface area contributed by atoms with Crippen LogP contribution in [-0.2, 0) is 0 Å². The Hall–Kier alpha value is -2.96. The van der Waals surface area contributed by atoms with E-state index >= 15 is 0 Å². The molecule has 4 heterocycles. The lowest BCUT2D eigenvalue weighted by Crippen LogP contribution is -2.33. The molecule has 6 nitrogen and oxygen atoms in total. The van der Waals surface area contributed by atoms with E-state index in [0.29, 0.717) is 0 Å². The first kappa shape index (κ1) is 20.0. The number of allylic oxidation sites excluding steroid dienone is 1. The average Bonchev–Trinajstić information content (AvgIpc) is 3.17. The predicted molar refractivity (Wildman–Crippen MR) is 124 cm³/mol. The highest BCUT2D eigenvalue weighted by molar-refractivity contribution is 6.11. The molecule has 1 aromatic heterocycles. The third kappa shape index (κ3) is 4.40. The van der Waals surface area contributed by atoms with Crippen LogP contribution in [-0.4, -0.2) is 65.9 Å². The van der Waals surface area contributed by atoms with Crippen molar-refractivity contribution in [1.29, 1.82) is 0 Å². The normalized spacial score (nSPS) is 19.5. The number of aliphatic imine (C=N–C) groups is 1. The predicted octanol–water partition coefficient (Wildman–Crippen LogP) is 3.90. The van der Waals surface area contributed by atoms with Crippen molar-refractivity contribution in [3.63, 3.8) is 0 Å². The number of hydrogen-bond acceptors (Lipinski definition) is 6. The Bertz CT molecular complexity index is 990. The second kappa shape index (κ2) is 9.04. The van der Waals surface area contributed by atoms with E-state index in [1.54, 1.807) is 0 Å². The standard InChI is InChI=1S/C25H29N5O/c1-28-19-24(21-9-11-26-12-10-21)25-27-17-22(18-30(25)28)20-5-7-23(8-6-20)31-16-15-29-13-3-2-4-14-29/h5-12,17-18H,2-4,13-16,19H2,1H3. The second-order valence-electron chi connectivity index (χ2n) is 8.32. The maximum atomic E-state index is 5.97. The maximum Gasteiger partial charge on any atom is 0.152 e. The molecular weight excluding hydrogens is 386 g/mol. The van der Waals surface area contributed by atoms with Crippen molar-refractivity contribution < 1.29 is 4.74 Å². The zero-order valence-electron chi connectivity index (χ0n) is 18.1. The molecule has 0 aliphatic carbocycles. The van der Waals surface area contributed by atoms with E-state index in [-0.39, 0.29) is 0 Å². The zero-order valence-corrected chi connectivity index (χ0v) is 18.1. The fraction of sp³-hybridized carbons (Fsp3) is 0.360. The second-order valence-corrected chi connectivity index (χ2v) is 8.32. The summed E-state index contributed by atoms with van der Waals surface area (Å²) in [6.07, 6.45) is 11.8. The molecule has 0 spiro atoms. The van der Waals surface area contributed by atoms with Gasteiger partial charge >= 0.3 is 0 Å². The van der Waals surface area contributed by atoms with Crippen LogP contribution in [0.5, 0.6) is 5.75 Å². The van der Waals surface area contributed by atoms with Crippen molar-refractivity contribution >= 4 is 17.4 Å². The van der Waals surface area contributed by atoms with Crippen molar-refractivity contribution in [2.24, 2.45) is 4.99 Å². The molecule has 1 aromatic carbocycles. The molecule has 0 bridgehead atoms. The molecule has 160 valence electrons. The number of ether oxygens (including phenoxy) is 1. The van der Waals surface area contributed by atoms with E-state index in [9.17, 15) is 0 Å². The minimum atomic E-state index is 0.744. The molecule has 3 aliphatic rings. The number of likely N-dealkylation sites (N-methyl/N-ethyl adjacent to an activating group) is 1. The fourth-order valence-electron chi connectivity index (χ4n) is 4.41. The largest absolute Gasteiger partial charge is 0.492 e. The van der Waals surface area contributed by atoms with Crippen LogP contribution in [0.25, 0.3) is 11.1 Å². The van der Waals surface area contributed by atoms with E-state index in [0.717, 1.165) is 42.4 Å². The smallest absolute Gasteiger partial charge is 0.152 e. The van der Waals surface area contributed by atoms with Crippen LogP contribution in [0.4, 0.5) is 0 Å². The number of hydrogen-bond donors (Lipinski definition) is 0. The van der Waals surface area contributed by atoms with E-state index in [4.69, 9.17) is 9.73 Å². The quantitative estimate of drug-likeness (QED) is 0.716. The van der Waals surface area contributed by atoms with Gasteiger partial charge in [0.1, 0.15) is 12.4 Å². The van der Waals surface area contributed by atoms with Crippen molar-refractivity contribution in [3.8, 4) is 5.75 Å². The number of aromatic nitrogens is 1. The van der Waals surface area contributed by atoms with E-state index in [2.05, 4.69) is 57.4 Å². The number of piperidine rings is 1. The Labute approximate surface area is 184 Å². The van der Waals surface area contributed by atoms with Gasteiger partial charge in [-0.05, 0) is 61.3 Å². The Kier molecular flexibility index (Phi) is 5.82. The van der Waals surface area contributed by atoms with Gasteiger partial charge in [0.15, 0.2) is 5.82 Å². The monoisotopic (exact) mass is 415 g/mol. The van der Waals surface area contributed by atoms with Gasteiger partial charge in [-0.1, -0.05) is 18.6 Å². The molecule has 31 heavy (non-hydrogen) atoms. The molecule has 0 unspecified atom stereocenters. The first-order valence-electron chi connectivity index (χ1n) is 11.1. The highest BCUT2D eigenvalue weighted by Gasteiger charge is 2.29. The molecule has 0 atom stereocenters. The number of nitrogens with zero attached hydrogens (tertiary/aromatic N) is 5. The molecule has 2 aromatic rings. The maximum absolute atomic E-state index is 5.97. The van der Waals surface area contributed by atoms with Crippen LogP contribution >= 0.6 is 0 Å². The van der Waals surface area contributed by atoms with Gasteiger partial charge in [-0.3, -0.25) is 14.9 Å². The highest BCUT2D eigenvalue weighted by Crippen LogP contribution is 2.34. The van der Waals surface area contributed by atoms with Crippen LogP contribution in [0.1, 0.15) is 30.4 Å². The molecule has 6 heteroatoms. The van der Waals surface area contributed by atoms with Gasteiger partial charge in [0.05, 0.1) is 0 Å². The third-order valence-corrected chi connectivity index (χ3v) is 6.17. The lowest BCUT2D eigenvalue weighted by atomic mass is 10.1. The summed E-state index contributed by atoms with van der Waals surface area (Å²) in [6.45, 7) is 4.99. The number of fused-ring (bicyclic) bond motifs is 1. The van der Waals surface area contributed by atoms with E-state index < -0.39 is 0 Å². The molecule has 5 rings (SSSR count).